The Labute approximate surface area is 207 Å². The van der Waals surface area contributed by atoms with Crippen molar-refractivity contribution in [3.8, 4) is 17.2 Å². The van der Waals surface area contributed by atoms with Crippen molar-refractivity contribution in [3.63, 3.8) is 0 Å². The van der Waals surface area contributed by atoms with Crippen LogP contribution in [-0.4, -0.2) is 29.4 Å². The van der Waals surface area contributed by atoms with E-state index in [0.29, 0.717) is 35.4 Å². The summed E-state index contributed by atoms with van der Waals surface area (Å²) in [5.41, 5.74) is 2.27. The fraction of sp³-hybridized carbons (Fsp3) is 0.143. The van der Waals surface area contributed by atoms with E-state index in [9.17, 15) is 14.4 Å². The van der Waals surface area contributed by atoms with Gasteiger partial charge in [0, 0.05) is 5.56 Å². The molecule has 0 N–H and O–H groups in total. The molecule has 0 atom stereocenters. The summed E-state index contributed by atoms with van der Waals surface area (Å²) in [7, 11) is 0. The van der Waals surface area contributed by atoms with Gasteiger partial charge in [-0.1, -0.05) is 18.2 Å². The first-order chi connectivity index (χ1) is 17.5. The van der Waals surface area contributed by atoms with E-state index in [0.717, 1.165) is 10.5 Å². The number of amides is 2. The highest BCUT2D eigenvalue weighted by Gasteiger charge is 2.37. The molecule has 4 aromatic rings. The second-order valence-electron chi connectivity index (χ2n) is 8.10. The number of imide groups is 1. The molecule has 1 aromatic heterocycles. The van der Waals surface area contributed by atoms with Crippen molar-refractivity contribution >= 4 is 23.5 Å². The Morgan fingerprint density at radius 2 is 1.67 bits per heavy atom. The fourth-order valence-electron chi connectivity index (χ4n) is 3.94. The lowest BCUT2D eigenvalue weighted by molar-refractivity contribution is 0.0466. The summed E-state index contributed by atoms with van der Waals surface area (Å²) < 4.78 is 16.5. The lowest BCUT2D eigenvalue weighted by atomic mass is 10.1. The molecule has 0 unspecified atom stereocenters. The number of ether oxygens (including phenoxy) is 2. The van der Waals surface area contributed by atoms with E-state index in [2.05, 4.69) is 4.98 Å². The molecule has 8 heteroatoms. The first-order valence-electron chi connectivity index (χ1n) is 11.4. The largest absolute Gasteiger partial charge is 0.494 e. The first-order valence-corrected chi connectivity index (χ1v) is 11.4. The van der Waals surface area contributed by atoms with Crippen LogP contribution in [0.4, 0.5) is 5.69 Å². The van der Waals surface area contributed by atoms with E-state index >= 15 is 0 Å². The lowest BCUT2D eigenvalue weighted by Crippen LogP contribution is -2.29. The number of aryl methyl sites for hydroxylation is 1. The normalized spacial score (nSPS) is 12.6. The predicted molar refractivity (Wildman–Crippen MR) is 131 cm³/mol. The van der Waals surface area contributed by atoms with E-state index < -0.39 is 17.8 Å². The molecule has 0 bridgehead atoms. The third-order valence-electron chi connectivity index (χ3n) is 5.78. The molecule has 0 radical (unpaired) electrons. The van der Waals surface area contributed by atoms with Crippen LogP contribution in [0.1, 0.15) is 49.5 Å². The number of oxazole rings is 1. The number of esters is 1. The molecule has 180 valence electrons. The van der Waals surface area contributed by atoms with Gasteiger partial charge in [0.05, 0.1) is 29.0 Å². The number of hydrogen-bond acceptors (Lipinski definition) is 7. The zero-order chi connectivity index (χ0) is 25.2. The second-order valence-corrected chi connectivity index (χ2v) is 8.10. The maximum absolute atomic E-state index is 13.1. The molecule has 2 amide bonds. The van der Waals surface area contributed by atoms with Gasteiger partial charge in [0.15, 0.2) is 0 Å². The van der Waals surface area contributed by atoms with Gasteiger partial charge in [0.2, 0.25) is 5.89 Å². The Morgan fingerprint density at radius 1 is 0.944 bits per heavy atom. The van der Waals surface area contributed by atoms with Gasteiger partial charge in [0.25, 0.3) is 11.8 Å². The number of fused-ring (bicyclic) bond motifs is 1. The molecule has 2 heterocycles. The minimum absolute atomic E-state index is 0.0940. The van der Waals surface area contributed by atoms with Gasteiger partial charge in [0.1, 0.15) is 23.8 Å². The van der Waals surface area contributed by atoms with Crippen LogP contribution in [0.15, 0.2) is 77.2 Å². The molecule has 3 aromatic carbocycles. The van der Waals surface area contributed by atoms with Gasteiger partial charge in [-0.3, -0.25) is 9.59 Å². The Balaban J connectivity index is 1.31. The summed E-state index contributed by atoms with van der Waals surface area (Å²) >= 11 is 0. The van der Waals surface area contributed by atoms with Crippen LogP contribution in [-0.2, 0) is 11.3 Å². The summed E-state index contributed by atoms with van der Waals surface area (Å²) in [4.78, 5) is 44.2. The third kappa shape index (κ3) is 4.24. The summed E-state index contributed by atoms with van der Waals surface area (Å²) in [5, 5.41) is 0. The highest BCUT2D eigenvalue weighted by atomic mass is 16.5. The average molecular weight is 482 g/mol. The molecule has 0 saturated carbocycles. The predicted octanol–water partition coefficient (Wildman–Crippen LogP) is 5.21. The van der Waals surface area contributed by atoms with Gasteiger partial charge in [-0.15, -0.1) is 0 Å². The van der Waals surface area contributed by atoms with Crippen LogP contribution < -0.4 is 9.64 Å². The summed E-state index contributed by atoms with van der Waals surface area (Å²) in [6.07, 6.45) is 0. The average Bonchev–Trinajstić information content (AvgIpc) is 3.40. The number of aromatic nitrogens is 1. The number of hydrogen-bond donors (Lipinski definition) is 0. The quantitative estimate of drug-likeness (QED) is 0.263. The summed E-state index contributed by atoms with van der Waals surface area (Å²) in [6.45, 7) is 4.03. The Bertz CT molecular complexity index is 1460. The minimum atomic E-state index is -0.638. The molecule has 0 fully saturated rings. The van der Waals surface area contributed by atoms with Gasteiger partial charge < -0.3 is 13.9 Å². The number of nitrogens with zero attached hydrogens (tertiary/aromatic N) is 2. The van der Waals surface area contributed by atoms with Crippen molar-refractivity contribution in [2.75, 3.05) is 11.5 Å². The number of rotatable bonds is 7. The molecule has 8 nitrogen and oxygen atoms in total. The Hall–Kier alpha value is -4.72. The summed E-state index contributed by atoms with van der Waals surface area (Å²) in [6, 6.07) is 20.4. The second kappa shape index (κ2) is 9.50. The molecular formula is C28H22N2O6. The summed E-state index contributed by atoms with van der Waals surface area (Å²) in [5.74, 6) is 0.0271. The van der Waals surface area contributed by atoms with Crippen molar-refractivity contribution in [3.05, 3.63) is 101 Å². The van der Waals surface area contributed by atoms with Gasteiger partial charge in [-0.2, -0.15) is 0 Å². The van der Waals surface area contributed by atoms with Gasteiger partial charge >= 0.3 is 5.97 Å². The maximum atomic E-state index is 13.1. The zero-order valence-electron chi connectivity index (χ0n) is 19.7. The molecule has 0 aliphatic carbocycles. The Morgan fingerprint density at radius 3 is 2.39 bits per heavy atom. The highest BCUT2D eigenvalue weighted by molar-refractivity contribution is 6.34. The minimum Gasteiger partial charge on any atom is -0.494 e. The van der Waals surface area contributed by atoms with Crippen molar-refractivity contribution < 1.29 is 28.3 Å². The zero-order valence-corrected chi connectivity index (χ0v) is 19.7. The van der Waals surface area contributed by atoms with Crippen molar-refractivity contribution in [1.29, 1.82) is 0 Å². The van der Waals surface area contributed by atoms with Gasteiger partial charge in [-0.05, 0) is 68.4 Å². The number of benzene rings is 3. The van der Waals surface area contributed by atoms with Crippen LogP contribution in [0.3, 0.4) is 0 Å². The van der Waals surface area contributed by atoms with Crippen LogP contribution in [0.5, 0.6) is 5.75 Å². The monoisotopic (exact) mass is 482 g/mol. The number of carbonyl (C=O) groups excluding carboxylic acids is 3. The van der Waals surface area contributed by atoms with Crippen molar-refractivity contribution in [1.82, 2.24) is 4.98 Å². The van der Waals surface area contributed by atoms with E-state index in [1.165, 1.54) is 18.2 Å². The molecule has 0 spiro atoms. The van der Waals surface area contributed by atoms with E-state index in [1.807, 2.05) is 37.3 Å². The van der Waals surface area contributed by atoms with Crippen LogP contribution >= 0.6 is 0 Å². The van der Waals surface area contributed by atoms with E-state index in [-0.39, 0.29) is 23.3 Å². The van der Waals surface area contributed by atoms with Crippen LogP contribution in [0.2, 0.25) is 0 Å². The van der Waals surface area contributed by atoms with Crippen LogP contribution in [0.25, 0.3) is 11.5 Å². The fourth-order valence-corrected chi connectivity index (χ4v) is 3.94. The SMILES string of the molecule is CCOc1ccc(N2C(=O)c3ccc(C(=O)OCc4nc(-c5ccccc5)oc4C)cc3C2=O)cc1. The topological polar surface area (TPSA) is 98.9 Å². The van der Waals surface area contributed by atoms with E-state index in [4.69, 9.17) is 13.9 Å². The first kappa shape index (κ1) is 23.0. The lowest BCUT2D eigenvalue weighted by Gasteiger charge is -2.14. The third-order valence-corrected chi connectivity index (χ3v) is 5.78. The standard InChI is InChI=1S/C28H22N2O6/c1-3-34-21-12-10-20(11-13-21)30-26(31)22-14-9-19(15-23(22)27(30)32)28(33)35-16-24-17(2)36-25(29-24)18-7-5-4-6-8-18/h4-15H,3,16H2,1-2H3. The molecule has 1 aliphatic heterocycles. The number of anilines is 1. The van der Waals surface area contributed by atoms with E-state index in [1.54, 1.807) is 31.2 Å². The maximum Gasteiger partial charge on any atom is 0.338 e. The molecule has 0 saturated heterocycles. The molecule has 5 rings (SSSR count). The molecular weight excluding hydrogens is 460 g/mol. The van der Waals surface area contributed by atoms with Gasteiger partial charge in [-0.25, -0.2) is 14.7 Å². The molecule has 1 aliphatic rings. The molecule has 36 heavy (non-hydrogen) atoms. The number of carbonyl (C=O) groups is 3. The Kier molecular flexibility index (Phi) is 6.08. The smallest absolute Gasteiger partial charge is 0.338 e. The van der Waals surface area contributed by atoms with Crippen molar-refractivity contribution in [2.45, 2.75) is 20.5 Å². The highest BCUT2D eigenvalue weighted by Crippen LogP contribution is 2.30. The van der Waals surface area contributed by atoms with Crippen LogP contribution in [0, 0.1) is 6.92 Å². The van der Waals surface area contributed by atoms with Crippen molar-refractivity contribution in [2.24, 2.45) is 0 Å².